The number of benzene rings is 1. The molecule has 3 atom stereocenters. The molecular formula is C19H23N3O3. The molecule has 0 aliphatic carbocycles. The van der Waals surface area contributed by atoms with Crippen LogP contribution in [-0.2, 0) is 11.3 Å². The van der Waals surface area contributed by atoms with E-state index in [0.717, 1.165) is 5.56 Å². The van der Waals surface area contributed by atoms with Crippen LogP contribution in [-0.4, -0.2) is 47.4 Å². The first-order chi connectivity index (χ1) is 12.1. The van der Waals surface area contributed by atoms with Crippen LogP contribution in [0.1, 0.15) is 21.5 Å². The maximum atomic E-state index is 12.0. The zero-order valence-corrected chi connectivity index (χ0v) is 14.2. The summed E-state index contributed by atoms with van der Waals surface area (Å²) < 4.78 is 5.63. The lowest BCUT2D eigenvalue weighted by molar-refractivity contribution is 0.0398. The monoisotopic (exact) mass is 341 g/mol. The fourth-order valence-corrected chi connectivity index (χ4v) is 2.80. The van der Waals surface area contributed by atoms with Gasteiger partial charge in [-0.25, -0.2) is 0 Å². The Balaban J connectivity index is 1.46. The fourth-order valence-electron chi connectivity index (χ4n) is 2.80. The highest BCUT2D eigenvalue weighted by Gasteiger charge is 2.35. The van der Waals surface area contributed by atoms with Gasteiger partial charge in [0.05, 0.1) is 18.8 Å². The largest absolute Gasteiger partial charge is 0.389 e. The Kier molecular flexibility index (Phi) is 5.75. The van der Waals surface area contributed by atoms with E-state index in [0.29, 0.717) is 18.7 Å². The zero-order chi connectivity index (χ0) is 17.6. The number of aliphatic hydroxyl groups excluding tert-OH is 1. The number of aryl methyl sites for hydroxylation is 1. The molecule has 25 heavy (non-hydrogen) atoms. The molecule has 2 heterocycles. The first kappa shape index (κ1) is 17.5. The van der Waals surface area contributed by atoms with E-state index in [1.54, 1.807) is 24.5 Å². The van der Waals surface area contributed by atoms with Crippen LogP contribution in [0.25, 0.3) is 0 Å². The van der Waals surface area contributed by atoms with Gasteiger partial charge in [-0.15, -0.1) is 0 Å². The van der Waals surface area contributed by atoms with Gasteiger partial charge in [0.2, 0.25) is 0 Å². The number of rotatable bonds is 6. The molecule has 6 heteroatoms. The van der Waals surface area contributed by atoms with E-state index in [4.69, 9.17) is 4.74 Å². The molecule has 0 bridgehead atoms. The standard InChI is InChI=1S/C19H23N3O3/c1-13-2-4-14(5-3-13)10-21-16-12-25-17(18(16)23)11-22-19(24)15-6-8-20-9-7-15/h2-9,16-18,21,23H,10-12H2,1H3,(H,22,24)/t16-,17-,18+/m1/s1. The summed E-state index contributed by atoms with van der Waals surface area (Å²) >= 11 is 0. The van der Waals surface area contributed by atoms with Gasteiger partial charge in [-0.1, -0.05) is 29.8 Å². The summed E-state index contributed by atoms with van der Waals surface area (Å²) in [6.45, 7) is 3.41. The second-order valence-corrected chi connectivity index (χ2v) is 6.28. The molecule has 1 aromatic carbocycles. The van der Waals surface area contributed by atoms with Gasteiger partial charge in [0, 0.05) is 31.0 Å². The molecule has 1 amide bonds. The summed E-state index contributed by atoms with van der Waals surface area (Å²) in [5.74, 6) is -0.200. The smallest absolute Gasteiger partial charge is 0.251 e. The SMILES string of the molecule is Cc1ccc(CN[C@@H]2CO[C@H](CNC(=O)c3ccncc3)[C@H]2O)cc1. The fraction of sp³-hybridized carbons (Fsp3) is 0.368. The van der Waals surface area contributed by atoms with Crippen LogP contribution >= 0.6 is 0 Å². The van der Waals surface area contributed by atoms with Crippen molar-refractivity contribution >= 4 is 5.91 Å². The summed E-state index contributed by atoms with van der Waals surface area (Å²) in [6.07, 6.45) is 2.06. The highest BCUT2D eigenvalue weighted by Crippen LogP contribution is 2.15. The van der Waals surface area contributed by atoms with Gasteiger partial charge in [0.15, 0.2) is 0 Å². The van der Waals surface area contributed by atoms with Crippen molar-refractivity contribution in [2.75, 3.05) is 13.2 Å². The van der Waals surface area contributed by atoms with Crippen LogP contribution in [0.5, 0.6) is 0 Å². The Morgan fingerprint density at radius 3 is 2.68 bits per heavy atom. The third-order valence-corrected chi connectivity index (χ3v) is 4.38. The van der Waals surface area contributed by atoms with Crippen LogP contribution in [0.4, 0.5) is 0 Å². The van der Waals surface area contributed by atoms with Gasteiger partial charge < -0.3 is 20.5 Å². The van der Waals surface area contributed by atoms with E-state index in [-0.39, 0.29) is 18.5 Å². The predicted molar refractivity (Wildman–Crippen MR) is 94.1 cm³/mol. The molecule has 0 spiro atoms. The van der Waals surface area contributed by atoms with Crippen molar-refractivity contribution in [1.29, 1.82) is 0 Å². The average molecular weight is 341 g/mol. The summed E-state index contributed by atoms with van der Waals surface area (Å²) in [6, 6.07) is 11.4. The van der Waals surface area contributed by atoms with Gasteiger partial charge in [-0.05, 0) is 24.6 Å². The number of pyridine rings is 1. The lowest BCUT2D eigenvalue weighted by Gasteiger charge is -2.19. The first-order valence-electron chi connectivity index (χ1n) is 8.40. The molecule has 3 N–H and O–H groups in total. The third-order valence-electron chi connectivity index (χ3n) is 4.38. The Morgan fingerprint density at radius 1 is 1.24 bits per heavy atom. The number of ether oxygens (including phenoxy) is 1. The highest BCUT2D eigenvalue weighted by molar-refractivity contribution is 5.93. The van der Waals surface area contributed by atoms with Gasteiger partial charge in [0.1, 0.15) is 6.10 Å². The Hall–Kier alpha value is -2.28. The minimum atomic E-state index is -0.664. The van der Waals surface area contributed by atoms with Crippen molar-refractivity contribution in [3.8, 4) is 0 Å². The number of carbonyl (C=O) groups is 1. The summed E-state index contributed by atoms with van der Waals surface area (Å²) in [5.41, 5.74) is 2.92. The molecule has 6 nitrogen and oxygen atoms in total. The topological polar surface area (TPSA) is 83.5 Å². The van der Waals surface area contributed by atoms with E-state index in [1.807, 2.05) is 0 Å². The molecule has 0 radical (unpaired) electrons. The lowest BCUT2D eigenvalue weighted by Crippen LogP contribution is -2.44. The second-order valence-electron chi connectivity index (χ2n) is 6.28. The van der Waals surface area contributed by atoms with Crippen molar-refractivity contribution in [1.82, 2.24) is 15.6 Å². The van der Waals surface area contributed by atoms with E-state index >= 15 is 0 Å². The molecule has 1 aliphatic heterocycles. The summed E-state index contributed by atoms with van der Waals surface area (Å²) in [4.78, 5) is 15.9. The molecule has 1 fully saturated rings. The first-order valence-corrected chi connectivity index (χ1v) is 8.40. The number of hydrogen-bond donors (Lipinski definition) is 3. The van der Waals surface area contributed by atoms with E-state index in [2.05, 4.69) is 46.8 Å². The Labute approximate surface area is 147 Å². The normalized spacial score (nSPS) is 22.7. The molecule has 0 unspecified atom stereocenters. The van der Waals surface area contributed by atoms with Gasteiger partial charge in [-0.3, -0.25) is 9.78 Å². The lowest BCUT2D eigenvalue weighted by atomic mass is 10.1. The van der Waals surface area contributed by atoms with Gasteiger partial charge in [-0.2, -0.15) is 0 Å². The number of carbonyl (C=O) groups excluding carboxylic acids is 1. The van der Waals surface area contributed by atoms with Gasteiger partial charge >= 0.3 is 0 Å². The minimum Gasteiger partial charge on any atom is -0.389 e. The number of nitrogens with one attached hydrogen (secondary N) is 2. The Morgan fingerprint density at radius 2 is 1.96 bits per heavy atom. The number of hydrogen-bond acceptors (Lipinski definition) is 5. The molecule has 2 aromatic rings. The molecule has 1 saturated heterocycles. The summed E-state index contributed by atoms with van der Waals surface area (Å²) in [5, 5.41) is 16.5. The van der Waals surface area contributed by atoms with Crippen molar-refractivity contribution < 1.29 is 14.6 Å². The predicted octanol–water partition coefficient (Wildman–Crippen LogP) is 1.04. The molecule has 132 valence electrons. The summed E-state index contributed by atoms with van der Waals surface area (Å²) in [7, 11) is 0. The van der Waals surface area contributed by atoms with E-state index in [1.165, 1.54) is 5.56 Å². The highest BCUT2D eigenvalue weighted by atomic mass is 16.5. The van der Waals surface area contributed by atoms with Crippen molar-refractivity contribution in [2.45, 2.75) is 31.7 Å². The zero-order valence-electron chi connectivity index (χ0n) is 14.2. The van der Waals surface area contributed by atoms with Crippen LogP contribution in [0.3, 0.4) is 0 Å². The minimum absolute atomic E-state index is 0.149. The quantitative estimate of drug-likeness (QED) is 0.731. The van der Waals surface area contributed by atoms with Crippen molar-refractivity contribution in [2.24, 2.45) is 0 Å². The van der Waals surface area contributed by atoms with E-state index in [9.17, 15) is 9.90 Å². The van der Waals surface area contributed by atoms with Crippen LogP contribution in [0, 0.1) is 6.92 Å². The molecular weight excluding hydrogens is 318 g/mol. The number of aliphatic hydroxyl groups is 1. The maximum absolute atomic E-state index is 12.0. The number of nitrogens with zero attached hydrogens (tertiary/aromatic N) is 1. The van der Waals surface area contributed by atoms with Crippen molar-refractivity contribution in [3.63, 3.8) is 0 Å². The van der Waals surface area contributed by atoms with Crippen molar-refractivity contribution in [3.05, 3.63) is 65.5 Å². The van der Waals surface area contributed by atoms with Crippen LogP contribution in [0.15, 0.2) is 48.8 Å². The molecule has 0 saturated carbocycles. The second kappa shape index (κ2) is 8.20. The maximum Gasteiger partial charge on any atom is 0.251 e. The number of amides is 1. The average Bonchev–Trinajstić information content (AvgIpc) is 3.00. The Bertz CT molecular complexity index is 691. The van der Waals surface area contributed by atoms with Crippen LogP contribution in [0.2, 0.25) is 0 Å². The third kappa shape index (κ3) is 4.63. The molecule has 1 aliphatic rings. The molecule has 3 rings (SSSR count). The van der Waals surface area contributed by atoms with Gasteiger partial charge in [0.25, 0.3) is 5.91 Å². The van der Waals surface area contributed by atoms with Crippen LogP contribution < -0.4 is 10.6 Å². The molecule has 1 aromatic heterocycles. The van der Waals surface area contributed by atoms with E-state index < -0.39 is 12.2 Å². The number of aromatic nitrogens is 1.